The van der Waals surface area contributed by atoms with Gasteiger partial charge < -0.3 is 4.57 Å². The highest BCUT2D eigenvalue weighted by Gasteiger charge is 2.21. The molecule has 0 saturated carbocycles. The van der Waals surface area contributed by atoms with E-state index in [2.05, 4.69) is 114 Å². The minimum Gasteiger partial charge on any atom is -0.326 e. The summed E-state index contributed by atoms with van der Waals surface area (Å²) in [5.74, 6) is 1.09. The van der Waals surface area contributed by atoms with E-state index >= 15 is 0 Å². The zero-order chi connectivity index (χ0) is 24.3. The zero-order valence-corrected chi connectivity index (χ0v) is 21.4. The Balaban J connectivity index is 1.78. The van der Waals surface area contributed by atoms with Gasteiger partial charge in [-0.15, -0.1) is 0 Å². The molecule has 0 N–H and O–H groups in total. The third-order valence-electron chi connectivity index (χ3n) is 6.59. The molecule has 3 aromatic carbocycles. The van der Waals surface area contributed by atoms with Gasteiger partial charge in [0.1, 0.15) is 5.82 Å². The van der Waals surface area contributed by atoms with Crippen LogP contribution in [0.15, 0.2) is 91.0 Å². The van der Waals surface area contributed by atoms with Crippen molar-refractivity contribution >= 4 is 0 Å². The highest BCUT2D eigenvalue weighted by Crippen LogP contribution is 2.31. The van der Waals surface area contributed by atoms with E-state index in [0.717, 1.165) is 37.7 Å². The molecule has 0 bridgehead atoms. The van der Waals surface area contributed by atoms with Crippen molar-refractivity contribution in [3.63, 3.8) is 0 Å². The van der Waals surface area contributed by atoms with E-state index in [0.29, 0.717) is 0 Å². The first-order valence-corrected chi connectivity index (χ1v) is 13.3. The largest absolute Gasteiger partial charge is 0.326 e. The van der Waals surface area contributed by atoms with Crippen molar-refractivity contribution in [2.45, 2.75) is 65.6 Å². The first-order chi connectivity index (χ1) is 17.3. The van der Waals surface area contributed by atoms with Gasteiger partial charge in [-0.1, -0.05) is 124 Å². The number of rotatable bonds is 13. The lowest BCUT2D eigenvalue weighted by Crippen LogP contribution is -2.26. The fraction of sp³-hybridized carbons (Fsp3) is 0.344. The minimum atomic E-state index is 0.894. The summed E-state index contributed by atoms with van der Waals surface area (Å²) < 4.78 is 2.51. The van der Waals surface area contributed by atoms with Crippen molar-refractivity contribution in [2.24, 2.45) is 0 Å². The molecule has 4 aromatic rings. The third kappa shape index (κ3) is 6.70. The molecule has 0 fully saturated rings. The van der Waals surface area contributed by atoms with Crippen LogP contribution < -0.4 is 0 Å². The highest BCUT2D eigenvalue weighted by atomic mass is 15.2. The van der Waals surface area contributed by atoms with Gasteiger partial charge >= 0.3 is 0 Å². The fourth-order valence-corrected chi connectivity index (χ4v) is 4.69. The normalized spacial score (nSPS) is 11.3. The van der Waals surface area contributed by atoms with Gasteiger partial charge in [-0.05, 0) is 24.9 Å². The van der Waals surface area contributed by atoms with Crippen LogP contribution in [0.3, 0.4) is 0 Å². The second-order valence-corrected chi connectivity index (χ2v) is 9.37. The van der Waals surface area contributed by atoms with Crippen molar-refractivity contribution in [3.8, 4) is 22.6 Å². The molecule has 4 rings (SSSR count). The Labute approximate surface area is 211 Å². The lowest BCUT2D eigenvalue weighted by molar-refractivity contribution is 0.246. The molecule has 0 aliphatic rings. The standard InChI is InChI=1S/C32H39N3/c1-3-5-16-24-35-30(26-34(23-6-4-2)25-27-17-10-7-11-18-27)31(28-19-12-8-13-20-28)33-32(35)29-21-14-9-15-22-29/h7-15,17-22H,3-6,16,23-26H2,1-2H3. The number of benzene rings is 3. The highest BCUT2D eigenvalue weighted by molar-refractivity contribution is 5.68. The molecule has 0 unspecified atom stereocenters. The molecular formula is C32H39N3. The first kappa shape index (κ1) is 24.9. The van der Waals surface area contributed by atoms with Crippen LogP contribution in [-0.2, 0) is 19.6 Å². The summed E-state index contributed by atoms with van der Waals surface area (Å²) in [5, 5.41) is 0. The fourth-order valence-electron chi connectivity index (χ4n) is 4.69. The SMILES string of the molecule is CCCCCn1c(-c2ccccc2)nc(-c2ccccc2)c1CN(CCCC)Cc1ccccc1. The number of imidazole rings is 1. The van der Waals surface area contributed by atoms with Crippen LogP contribution in [0.2, 0.25) is 0 Å². The molecule has 0 spiro atoms. The third-order valence-corrected chi connectivity index (χ3v) is 6.59. The summed E-state index contributed by atoms with van der Waals surface area (Å²) >= 11 is 0. The minimum absolute atomic E-state index is 0.894. The van der Waals surface area contributed by atoms with E-state index in [4.69, 9.17) is 4.98 Å². The molecule has 35 heavy (non-hydrogen) atoms. The zero-order valence-electron chi connectivity index (χ0n) is 21.4. The molecule has 182 valence electrons. The van der Waals surface area contributed by atoms with Crippen LogP contribution >= 0.6 is 0 Å². The van der Waals surface area contributed by atoms with Crippen LogP contribution in [-0.4, -0.2) is 21.0 Å². The van der Waals surface area contributed by atoms with E-state index < -0.39 is 0 Å². The van der Waals surface area contributed by atoms with Crippen molar-refractivity contribution in [3.05, 3.63) is 102 Å². The molecule has 0 aliphatic heterocycles. The van der Waals surface area contributed by atoms with Crippen molar-refractivity contribution in [1.29, 1.82) is 0 Å². The summed E-state index contributed by atoms with van der Waals surface area (Å²) in [6, 6.07) is 32.3. The van der Waals surface area contributed by atoms with Gasteiger partial charge in [-0.25, -0.2) is 4.98 Å². The lowest BCUT2D eigenvalue weighted by atomic mass is 10.1. The molecule has 0 amide bonds. The average Bonchev–Trinajstić information content (AvgIpc) is 3.27. The number of aromatic nitrogens is 2. The maximum absolute atomic E-state index is 5.31. The molecule has 0 radical (unpaired) electrons. The second-order valence-electron chi connectivity index (χ2n) is 9.37. The second kappa shape index (κ2) is 13.1. The Morgan fingerprint density at radius 2 is 1.26 bits per heavy atom. The summed E-state index contributed by atoms with van der Waals surface area (Å²) in [7, 11) is 0. The molecule has 0 aliphatic carbocycles. The van der Waals surface area contributed by atoms with Gasteiger partial charge in [-0.2, -0.15) is 0 Å². The topological polar surface area (TPSA) is 21.1 Å². The van der Waals surface area contributed by atoms with Crippen LogP contribution in [0.25, 0.3) is 22.6 Å². The number of unbranched alkanes of at least 4 members (excludes halogenated alkanes) is 3. The number of hydrogen-bond donors (Lipinski definition) is 0. The summed E-state index contributed by atoms with van der Waals surface area (Å²) in [6.07, 6.45) is 6.01. The molecule has 3 nitrogen and oxygen atoms in total. The Bertz CT molecular complexity index is 1130. The molecule has 1 aromatic heterocycles. The van der Waals surface area contributed by atoms with Gasteiger partial charge in [0.2, 0.25) is 0 Å². The Kier molecular flexibility index (Phi) is 9.31. The first-order valence-electron chi connectivity index (χ1n) is 13.3. The van der Waals surface area contributed by atoms with E-state index in [1.165, 1.54) is 54.5 Å². The summed E-state index contributed by atoms with van der Waals surface area (Å²) in [5.41, 5.74) is 6.21. The number of hydrogen-bond acceptors (Lipinski definition) is 2. The summed E-state index contributed by atoms with van der Waals surface area (Å²) in [4.78, 5) is 7.91. The Hall–Kier alpha value is -3.17. The molecule has 0 atom stereocenters. The van der Waals surface area contributed by atoms with Crippen LogP contribution in [0.1, 0.15) is 57.2 Å². The quantitative estimate of drug-likeness (QED) is 0.185. The van der Waals surface area contributed by atoms with E-state index in [1.54, 1.807) is 0 Å². The Morgan fingerprint density at radius 1 is 0.657 bits per heavy atom. The van der Waals surface area contributed by atoms with Gasteiger partial charge in [0.15, 0.2) is 0 Å². The van der Waals surface area contributed by atoms with Crippen molar-refractivity contribution in [1.82, 2.24) is 14.5 Å². The average molecular weight is 466 g/mol. The van der Waals surface area contributed by atoms with Crippen molar-refractivity contribution in [2.75, 3.05) is 6.54 Å². The maximum atomic E-state index is 5.31. The molecule has 1 heterocycles. The smallest absolute Gasteiger partial charge is 0.140 e. The van der Waals surface area contributed by atoms with Crippen molar-refractivity contribution < 1.29 is 0 Å². The van der Waals surface area contributed by atoms with Gasteiger partial charge in [0.05, 0.1) is 11.4 Å². The van der Waals surface area contributed by atoms with E-state index in [9.17, 15) is 0 Å². The summed E-state index contributed by atoms with van der Waals surface area (Å²) in [6.45, 7) is 8.48. The van der Waals surface area contributed by atoms with E-state index in [-0.39, 0.29) is 0 Å². The van der Waals surface area contributed by atoms with E-state index in [1.807, 2.05) is 0 Å². The monoisotopic (exact) mass is 465 g/mol. The predicted molar refractivity (Wildman–Crippen MR) is 148 cm³/mol. The lowest BCUT2D eigenvalue weighted by Gasteiger charge is -2.24. The van der Waals surface area contributed by atoms with Crippen LogP contribution in [0, 0.1) is 0 Å². The van der Waals surface area contributed by atoms with Crippen LogP contribution in [0.4, 0.5) is 0 Å². The van der Waals surface area contributed by atoms with Gasteiger partial charge in [0, 0.05) is 30.8 Å². The predicted octanol–water partition coefficient (Wildman–Crippen LogP) is 8.21. The molecule has 0 saturated heterocycles. The molecular weight excluding hydrogens is 426 g/mol. The van der Waals surface area contributed by atoms with Gasteiger partial charge in [0.25, 0.3) is 0 Å². The van der Waals surface area contributed by atoms with Crippen LogP contribution in [0.5, 0.6) is 0 Å². The van der Waals surface area contributed by atoms with Gasteiger partial charge in [-0.3, -0.25) is 4.90 Å². The molecule has 3 heteroatoms. The maximum Gasteiger partial charge on any atom is 0.140 e. The number of nitrogens with zero attached hydrogens (tertiary/aromatic N) is 3. The Morgan fingerprint density at radius 3 is 1.89 bits per heavy atom.